The van der Waals surface area contributed by atoms with Crippen LogP contribution in [0, 0.1) is 6.92 Å². The Bertz CT molecular complexity index is 2510. The van der Waals surface area contributed by atoms with Crippen LogP contribution < -0.4 is 26.9 Å². The number of nitrogens with two attached hydrogens (primary N) is 1. The Kier molecular flexibility index (Phi) is 13.5. The summed E-state index contributed by atoms with van der Waals surface area (Å²) in [4.78, 5) is 89.2. The van der Waals surface area contributed by atoms with Crippen molar-refractivity contribution in [1.29, 1.82) is 0 Å². The minimum Gasteiger partial charge on any atom is -0.440 e. The normalized spacial score (nSPS) is 23.3. The number of carbonyl (C=O) groups excluding carboxylic acids is 2. The van der Waals surface area contributed by atoms with Gasteiger partial charge < -0.3 is 59.8 Å². The number of benzene rings is 1. The van der Waals surface area contributed by atoms with Gasteiger partial charge in [-0.1, -0.05) is 6.92 Å². The van der Waals surface area contributed by atoms with Crippen LogP contribution in [0.2, 0.25) is 0 Å². The quantitative estimate of drug-likeness (QED) is 0.0453. The maximum absolute atomic E-state index is 12.9. The number of carbonyl (C=O) groups is 2. The minimum absolute atomic E-state index is 0.0210. The summed E-state index contributed by atoms with van der Waals surface area (Å²) < 4.78 is 65.3. The van der Waals surface area contributed by atoms with Gasteiger partial charge in [0, 0.05) is 54.8 Å². The number of fused-ring (bicyclic) bond motifs is 3. The average molecular weight is 919 g/mol. The fourth-order valence-corrected chi connectivity index (χ4v) is 10.5. The molecule has 61 heavy (non-hydrogen) atoms. The Hall–Kier alpha value is -4.35. The van der Waals surface area contributed by atoms with Crippen LogP contribution in [-0.4, -0.2) is 106 Å². The number of aromatic nitrogens is 4. The van der Waals surface area contributed by atoms with Gasteiger partial charge in [0.05, 0.1) is 12.9 Å². The molecular formula is C33H45N8O17P3. The van der Waals surface area contributed by atoms with Crippen molar-refractivity contribution in [3.05, 3.63) is 52.4 Å². The second-order valence-corrected chi connectivity index (χ2v) is 19.4. The van der Waals surface area contributed by atoms with Gasteiger partial charge in [0.2, 0.25) is 5.91 Å². The molecule has 1 fully saturated rings. The Balaban J connectivity index is 1.04. The van der Waals surface area contributed by atoms with E-state index >= 15 is 0 Å². The van der Waals surface area contributed by atoms with Gasteiger partial charge in [-0.05, 0) is 56.7 Å². The molecule has 2 amide bonds. The number of ether oxygens (including phenoxy) is 2. The Morgan fingerprint density at radius 3 is 2.48 bits per heavy atom. The molecule has 0 radical (unpaired) electrons. The lowest BCUT2D eigenvalue weighted by molar-refractivity contribution is -0.121. The highest BCUT2D eigenvalue weighted by Gasteiger charge is 2.50. The van der Waals surface area contributed by atoms with Gasteiger partial charge >= 0.3 is 35.2 Å². The molecule has 0 bridgehead atoms. The molecule has 1 aromatic carbocycles. The van der Waals surface area contributed by atoms with Crippen LogP contribution in [0.5, 0.6) is 0 Å². The van der Waals surface area contributed by atoms with Gasteiger partial charge in [-0.2, -0.15) is 8.62 Å². The molecule has 3 unspecified atom stereocenters. The van der Waals surface area contributed by atoms with Gasteiger partial charge in [-0.3, -0.25) is 13.9 Å². The summed E-state index contributed by atoms with van der Waals surface area (Å²) in [5.41, 5.74) is 8.71. The molecule has 25 nitrogen and oxygen atoms in total. The summed E-state index contributed by atoms with van der Waals surface area (Å²) >= 11 is 0. The Morgan fingerprint density at radius 1 is 1.03 bits per heavy atom. The first-order valence-electron chi connectivity index (χ1n) is 18.6. The molecule has 2 aliphatic heterocycles. The molecule has 0 spiro atoms. The zero-order valence-electron chi connectivity index (χ0n) is 33.0. The topological polar surface area (TPSA) is 360 Å². The van der Waals surface area contributed by atoms with E-state index in [0.717, 1.165) is 34.9 Å². The molecule has 9 N–H and O–H groups in total. The van der Waals surface area contributed by atoms with Crippen molar-refractivity contribution in [2.24, 2.45) is 0 Å². The van der Waals surface area contributed by atoms with E-state index in [4.69, 9.17) is 33.9 Å². The number of phosphoric ester groups is 1. The third-order valence-corrected chi connectivity index (χ3v) is 13.8. The standard InChI is InChI=1S/C33H45N8O17P3/c1-17-10-25(43)54-22-12-21-19(11-20(17)22)18(2)13-33(3,4)41(21)9-5-6-24(42)35-7-8-36-32(45)56-28-23(14-53-60(49,50)58-61(51,52)57-59(46,47)48)55-31(27(28)44)40-16-39-26-29(34)37-15-38-30(26)40/h10-12,15-16,18,23,27-28,31,44H,5-9,13-14H2,1-4H3,(H,35,42)(H,36,45)(H,49,50)(H,51,52)(H2,34,37,38)(H2,46,47,48)/t18?,23-,27-,28-,31-/m1/s1. The van der Waals surface area contributed by atoms with E-state index < -0.39 is 66.3 Å². The number of imidazole rings is 1. The summed E-state index contributed by atoms with van der Waals surface area (Å²) in [5.74, 6) is -0.0821. The molecule has 0 saturated carbocycles. The Labute approximate surface area is 346 Å². The fourth-order valence-electron chi connectivity index (χ4n) is 7.49. The largest absolute Gasteiger partial charge is 0.490 e. The number of amides is 2. The minimum atomic E-state index is -5.87. The lowest BCUT2D eigenvalue weighted by Crippen LogP contribution is -2.49. The first kappa shape index (κ1) is 46.2. The van der Waals surface area contributed by atoms with Crippen molar-refractivity contribution in [1.82, 2.24) is 30.2 Å². The molecule has 5 heterocycles. The summed E-state index contributed by atoms with van der Waals surface area (Å²) in [5, 5.41) is 17.2. The number of nitrogens with one attached hydrogen (secondary N) is 2. The number of aliphatic hydroxyl groups excluding tert-OH is 1. The van der Waals surface area contributed by atoms with E-state index in [-0.39, 0.29) is 53.9 Å². The van der Waals surface area contributed by atoms with Crippen molar-refractivity contribution in [3.8, 4) is 0 Å². The summed E-state index contributed by atoms with van der Waals surface area (Å²) in [7, 11) is -17.2. The zero-order chi connectivity index (χ0) is 44.7. The molecule has 3 aromatic heterocycles. The van der Waals surface area contributed by atoms with Crippen LogP contribution >= 0.6 is 23.5 Å². The third kappa shape index (κ3) is 11.0. The van der Waals surface area contributed by atoms with Crippen molar-refractivity contribution in [3.63, 3.8) is 0 Å². The molecule has 334 valence electrons. The highest BCUT2D eigenvalue weighted by Crippen LogP contribution is 2.66. The number of hydrogen-bond donors (Lipinski definition) is 8. The van der Waals surface area contributed by atoms with Gasteiger partial charge in [0.15, 0.2) is 23.8 Å². The summed E-state index contributed by atoms with van der Waals surface area (Å²) in [6.45, 7) is 7.53. The Morgan fingerprint density at radius 2 is 1.75 bits per heavy atom. The molecule has 1 saturated heterocycles. The number of alkyl carbamates (subject to hydrolysis) is 1. The van der Waals surface area contributed by atoms with Gasteiger partial charge in [0.1, 0.15) is 29.6 Å². The van der Waals surface area contributed by atoms with Crippen LogP contribution in [0.15, 0.2) is 40.1 Å². The molecule has 2 aliphatic rings. The lowest BCUT2D eigenvalue weighted by Gasteiger charge is -2.47. The average Bonchev–Trinajstić information content (AvgIpc) is 3.69. The van der Waals surface area contributed by atoms with Crippen LogP contribution in [0.3, 0.4) is 0 Å². The van der Waals surface area contributed by atoms with Crippen molar-refractivity contribution in [2.75, 3.05) is 36.9 Å². The highest BCUT2D eigenvalue weighted by molar-refractivity contribution is 7.66. The second kappa shape index (κ2) is 17.8. The van der Waals surface area contributed by atoms with Gasteiger partial charge in [0.25, 0.3) is 0 Å². The van der Waals surface area contributed by atoms with Crippen LogP contribution in [-0.2, 0) is 41.1 Å². The molecule has 28 heteroatoms. The number of hydrogen-bond acceptors (Lipinski definition) is 18. The number of aliphatic hydroxyl groups is 1. The monoisotopic (exact) mass is 918 g/mol. The number of nitrogens with zero attached hydrogens (tertiary/aromatic N) is 5. The molecule has 4 aromatic rings. The van der Waals surface area contributed by atoms with E-state index in [2.05, 4.69) is 65.9 Å². The number of anilines is 2. The SMILES string of the molecule is Cc1cc(=O)oc2cc3c(cc12)C(C)CC(C)(C)N3CCCC(=O)NCCNC(=O)O[C@H]1[C@@H](O)[C@H](n2cnc3c(N)ncnc32)O[C@@H]1COP(=O)(O)OP(=O)(O)OP(=O)(O)O. The van der Waals surface area contributed by atoms with Crippen LogP contribution in [0.25, 0.3) is 22.1 Å². The van der Waals surface area contributed by atoms with E-state index in [0.29, 0.717) is 18.5 Å². The van der Waals surface area contributed by atoms with Crippen LogP contribution in [0.1, 0.15) is 63.3 Å². The zero-order valence-corrected chi connectivity index (χ0v) is 35.7. The lowest BCUT2D eigenvalue weighted by atomic mass is 9.79. The van der Waals surface area contributed by atoms with E-state index in [1.807, 2.05) is 13.0 Å². The maximum Gasteiger partial charge on any atom is 0.490 e. The second-order valence-electron chi connectivity index (χ2n) is 15.0. The smallest absolute Gasteiger partial charge is 0.440 e. The summed E-state index contributed by atoms with van der Waals surface area (Å²) in [6.07, 6.45) is -3.89. The van der Waals surface area contributed by atoms with E-state index in [9.17, 15) is 43.0 Å². The third-order valence-electron chi connectivity index (χ3n) is 9.99. The van der Waals surface area contributed by atoms with Gasteiger partial charge in [-0.25, -0.2) is 38.2 Å². The molecule has 6 rings (SSSR count). The molecular weight excluding hydrogens is 873 g/mol. The first-order valence-corrected chi connectivity index (χ1v) is 23.1. The predicted octanol–water partition coefficient (Wildman–Crippen LogP) is 2.21. The fraction of sp³-hybridized carbons (Fsp3) is 0.515. The predicted molar refractivity (Wildman–Crippen MR) is 212 cm³/mol. The maximum atomic E-state index is 12.9. The van der Waals surface area contributed by atoms with Crippen LogP contribution in [0.4, 0.5) is 16.3 Å². The first-order chi connectivity index (χ1) is 28.4. The number of nitrogen functional groups attached to an aromatic ring is 1. The van der Waals surface area contributed by atoms with E-state index in [1.54, 1.807) is 0 Å². The molecule has 7 atom stereocenters. The highest BCUT2D eigenvalue weighted by atomic mass is 31.3. The van der Waals surface area contributed by atoms with Gasteiger partial charge in [-0.15, -0.1) is 0 Å². The summed E-state index contributed by atoms with van der Waals surface area (Å²) in [6, 6.07) is 5.43. The van der Waals surface area contributed by atoms with E-state index in [1.165, 1.54) is 17.0 Å². The number of aryl methyl sites for hydroxylation is 1. The van der Waals surface area contributed by atoms with Crippen molar-refractivity contribution in [2.45, 2.75) is 83.0 Å². The number of phosphoric acid groups is 3. The molecule has 0 aliphatic carbocycles. The number of rotatable bonds is 16. The van der Waals surface area contributed by atoms with Crippen molar-refractivity contribution >= 4 is 69.1 Å². The van der Waals surface area contributed by atoms with Crippen molar-refractivity contribution < 1.29 is 75.0 Å².